The Bertz CT molecular complexity index is 755. The Hall–Kier alpha value is -1.09. The third-order valence-corrected chi connectivity index (χ3v) is 8.55. The fourth-order valence-electron chi connectivity index (χ4n) is 3.87. The molecule has 3 rings (SSSR count). The molecule has 27 heavy (non-hydrogen) atoms. The predicted molar refractivity (Wildman–Crippen MR) is 106 cm³/mol. The molecule has 1 saturated carbocycles. The van der Waals surface area contributed by atoms with Crippen molar-refractivity contribution in [1.82, 2.24) is 20.1 Å². The van der Waals surface area contributed by atoms with Crippen molar-refractivity contribution in [3.05, 3.63) is 5.82 Å². The number of carbonyl (C=O) groups is 1. The molecule has 9 heteroatoms. The van der Waals surface area contributed by atoms with Crippen molar-refractivity contribution >= 4 is 27.5 Å². The van der Waals surface area contributed by atoms with Gasteiger partial charge in [0.2, 0.25) is 5.91 Å². The molecule has 152 valence electrons. The van der Waals surface area contributed by atoms with E-state index in [-0.39, 0.29) is 28.6 Å². The zero-order valence-electron chi connectivity index (χ0n) is 16.2. The highest BCUT2D eigenvalue weighted by Gasteiger charge is 2.29. The summed E-state index contributed by atoms with van der Waals surface area (Å²) in [6, 6.07) is 0.294. The molecule has 1 saturated heterocycles. The summed E-state index contributed by atoms with van der Waals surface area (Å²) in [6.45, 7) is 1.90. The molecular formula is C18H30N4O3S2. The maximum atomic E-state index is 12.5. The van der Waals surface area contributed by atoms with Gasteiger partial charge in [-0.3, -0.25) is 4.79 Å². The zero-order chi connectivity index (χ0) is 19.4. The Morgan fingerprint density at radius 1 is 1.22 bits per heavy atom. The summed E-state index contributed by atoms with van der Waals surface area (Å²) in [4.78, 5) is 12.5. The molecule has 0 bridgehead atoms. The molecule has 2 unspecified atom stereocenters. The summed E-state index contributed by atoms with van der Waals surface area (Å²) in [7, 11) is -0.998. The predicted octanol–water partition coefficient (Wildman–Crippen LogP) is 2.11. The second-order valence-corrected chi connectivity index (χ2v) is 11.4. The number of rotatable bonds is 6. The van der Waals surface area contributed by atoms with E-state index in [9.17, 15) is 13.2 Å². The molecule has 1 aromatic heterocycles. The lowest BCUT2D eigenvalue weighted by molar-refractivity contribution is -0.121. The Morgan fingerprint density at radius 3 is 2.56 bits per heavy atom. The van der Waals surface area contributed by atoms with E-state index in [4.69, 9.17) is 0 Å². The maximum absolute atomic E-state index is 12.5. The standard InChI is InChI=1S/C18H30N4O3S2/c1-13(17(23)19-15-7-5-3-4-6-8-15)26-18-21-20-16(22(18)2)11-14-9-10-27(24,25)12-14/h13-15H,3-12H2,1-2H3,(H,19,23). The quantitative estimate of drug-likeness (QED) is 0.566. The minimum atomic E-state index is -2.88. The van der Waals surface area contributed by atoms with Gasteiger partial charge in [0.05, 0.1) is 16.8 Å². The van der Waals surface area contributed by atoms with Gasteiger partial charge in [0.15, 0.2) is 15.0 Å². The van der Waals surface area contributed by atoms with Crippen molar-refractivity contribution in [3.63, 3.8) is 0 Å². The highest BCUT2D eigenvalue weighted by Crippen LogP contribution is 2.26. The lowest BCUT2D eigenvalue weighted by Gasteiger charge is -2.19. The topological polar surface area (TPSA) is 93.9 Å². The first kappa shape index (κ1) is 20.6. The Balaban J connectivity index is 1.54. The smallest absolute Gasteiger partial charge is 0.233 e. The number of thioether (sulfide) groups is 1. The number of nitrogens with zero attached hydrogens (tertiary/aromatic N) is 3. The molecule has 0 aromatic carbocycles. The second kappa shape index (κ2) is 8.94. The monoisotopic (exact) mass is 414 g/mol. The lowest BCUT2D eigenvalue weighted by Crippen LogP contribution is -2.39. The van der Waals surface area contributed by atoms with Crippen LogP contribution in [0.2, 0.25) is 0 Å². The van der Waals surface area contributed by atoms with Gasteiger partial charge >= 0.3 is 0 Å². The molecule has 1 aliphatic carbocycles. The van der Waals surface area contributed by atoms with Crippen molar-refractivity contribution in [1.29, 1.82) is 0 Å². The SMILES string of the molecule is CC(Sc1nnc(CC2CCS(=O)(=O)C2)n1C)C(=O)NC1CCCCCC1. The van der Waals surface area contributed by atoms with Crippen molar-refractivity contribution in [2.24, 2.45) is 13.0 Å². The van der Waals surface area contributed by atoms with Crippen LogP contribution in [0, 0.1) is 5.92 Å². The van der Waals surface area contributed by atoms with E-state index in [0.717, 1.165) is 18.7 Å². The van der Waals surface area contributed by atoms with Crippen LogP contribution in [-0.4, -0.2) is 51.9 Å². The van der Waals surface area contributed by atoms with Gasteiger partial charge in [-0.15, -0.1) is 10.2 Å². The van der Waals surface area contributed by atoms with Crippen molar-refractivity contribution in [3.8, 4) is 0 Å². The van der Waals surface area contributed by atoms with Crippen molar-refractivity contribution < 1.29 is 13.2 Å². The molecule has 7 nitrogen and oxygen atoms in total. The van der Waals surface area contributed by atoms with Crippen LogP contribution >= 0.6 is 11.8 Å². The van der Waals surface area contributed by atoms with Gasteiger partial charge in [-0.1, -0.05) is 37.4 Å². The third kappa shape index (κ3) is 5.70. The average molecular weight is 415 g/mol. The average Bonchev–Trinajstić information content (AvgIpc) is 3.00. The van der Waals surface area contributed by atoms with Crippen LogP contribution in [0.4, 0.5) is 0 Å². The number of sulfone groups is 1. The van der Waals surface area contributed by atoms with Gasteiger partial charge < -0.3 is 9.88 Å². The Morgan fingerprint density at radius 2 is 1.93 bits per heavy atom. The minimum Gasteiger partial charge on any atom is -0.352 e. The zero-order valence-corrected chi connectivity index (χ0v) is 17.8. The summed E-state index contributed by atoms with van der Waals surface area (Å²) in [5, 5.41) is 12.1. The number of amides is 1. The minimum absolute atomic E-state index is 0.0540. The molecule has 1 aliphatic heterocycles. The van der Waals surface area contributed by atoms with E-state index in [1.165, 1.54) is 37.4 Å². The molecule has 0 radical (unpaired) electrons. The summed E-state index contributed by atoms with van der Waals surface area (Å²) in [5.41, 5.74) is 0. The van der Waals surface area contributed by atoms with Crippen LogP contribution < -0.4 is 5.32 Å². The highest BCUT2D eigenvalue weighted by atomic mass is 32.2. The fraction of sp³-hybridized carbons (Fsp3) is 0.833. The van der Waals surface area contributed by atoms with Gasteiger partial charge in [0.25, 0.3) is 0 Å². The van der Waals surface area contributed by atoms with E-state index in [0.29, 0.717) is 24.0 Å². The van der Waals surface area contributed by atoms with Gasteiger partial charge in [0, 0.05) is 19.5 Å². The Labute approximate surface area is 166 Å². The molecule has 1 aromatic rings. The van der Waals surface area contributed by atoms with E-state index in [1.807, 2.05) is 18.5 Å². The van der Waals surface area contributed by atoms with Gasteiger partial charge in [-0.05, 0) is 32.1 Å². The van der Waals surface area contributed by atoms with E-state index < -0.39 is 9.84 Å². The second-order valence-electron chi connectivity index (χ2n) is 7.89. The van der Waals surface area contributed by atoms with Crippen molar-refractivity contribution in [2.45, 2.75) is 74.7 Å². The van der Waals surface area contributed by atoms with Gasteiger partial charge in [-0.25, -0.2) is 8.42 Å². The summed E-state index contributed by atoms with van der Waals surface area (Å²) in [6.07, 6.45) is 8.36. The van der Waals surface area contributed by atoms with E-state index in [1.54, 1.807) is 0 Å². The first-order valence-corrected chi connectivity index (χ1v) is 12.6. The lowest BCUT2D eigenvalue weighted by atomic mass is 10.1. The van der Waals surface area contributed by atoms with Crippen LogP contribution in [-0.2, 0) is 28.1 Å². The molecule has 1 amide bonds. The van der Waals surface area contributed by atoms with Gasteiger partial charge in [0.1, 0.15) is 5.82 Å². The summed E-state index contributed by atoms with van der Waals surface area (Å²) >= 11 is 1.41. The molecular weight excluding hydrogens is 384 g/mol. The van der Waals surface area contributed by atoms with Crippen LogP contribution in [0.3, 0.4) is 0 Å². The molecule has 2 fully saturated rings. The number of hydrogen-bond acceptors (Lipinski definition) is 6. The number of nitrogens with one attached hydrogen (secondary N) is 1. The fourth-order valence-corrected chi connectivity index (χ4v) is 6.58. The summed E-state index contributed by atoms with van der Waals surface area (Å²) in [5.74, 6) is 1.47. The highest BCUT2D eigenvalue weighted by molar-refractivity contribution is 8.00. The van der Waals surface area contributed by atoms with Crippen LogP contribution in [0.5, 0.6) is 0 Å². The van der Waals surface area contributed by atoms with Crippen LogP contribution in [0.1, 0.15) is 57.7 Å². The number of hydrogen-bond donors (Lipinski definition) is 1. The number of carbonyl (C=O) groups excluding carboxylic acids is 1. The third-order valence-electron chi connectivity index (χ3n) is 5.58. The normalized spacial score (nSPS) is 24.4. The molecule has 2 heterocycles. The molecule has 1 N–H and O–H groups in total. The van der Waals surface area contributed by atoms with Crippen molar-refractivity contribution in [2.75, 3.05) is 11.5 Å². The number of aromatic nitrogens is 3. The largest absolute Gasteiger partial charge is 0.352 e. The van der Waals surface area contributed by atoms with E-state index in [2.05, 4.69) is 15.5 Å². The van der Waals surface area contributed by atoms with Crippen LogP contribution in [0.15, 0.2) is 5.16 Å². The van der Waals surface area contributed by atoms with Crippen LogP contribution in [0.25, 0.3) is 0 Å². The van der Waals surface area contributed by atoms with Gasteiger partial charge in [-0.2, -0.15) is 0 Å². The molecule has 2 aliphatic rings. The molecule has 0 spiro atoms. The van der Waals surface area contributed by atoms with E-state index >= 15 is 0 Å². The maximum Gasteiger partial charge on any atom is 0.233 e. The first-order chi connectivity index (χ1) is 12.8. The summed E-state index contributed by atoms with van der Waals surface area (Å²) < 4.78 is 25.2. The molecule has 2 atom stereocenters. The Kier molecular flexibility index (Phi) is 6.83. The first-order valence-electron chi connectivity index (χ1n) is 9.90.